The van der Waals surface area contributed by atoms with Crippen molar-refractivity contribution >= 4 is 15.9 Å². The lowest BCUT2D eigenvalue weighted by atomic mass is 9.76. The van der Waals surface area contributed by atoms with Crippen LogP contribution in [0.3, 0.4) is 0 Å². The van der Waals surface area contributed by atoms with Crippen LogP contribution in [0.5, 0.6) is 5.75 Å². The molecule has 1 N–H and O–H groups in total. The van der Waals surface area contributed by atoms with Crippen molar-refractivity contribution in [3.05, 3.63) is 29.8 Å². The van der Waals surface area contributed by atoms with Gasteiger partial charge in [-0.3, -0.25) is 4.79 Å². The van der Waals surface area contributed by atoms with Crippen LogP contribution in [0, 0.1) is 5.92 Å². The van der Waals surface area contributed by atoms with Crippen molar-refractivity contribution < 1.29 is 17.9 Å². The van der Waals surface area contributed by atoms with E-state index in [1.165, 1.54) is 23.4 Å². The molecule has 2 heterocycles. The fraction of sp³-hybridized carbons (Fsp3) is 0.650. The molecule has 2 fully saturated rings. The molecule has 1 atom stereocenters. The number of nitrogens with one attached hydrogen (secondary N) is 1. The van der Waals surface area contributed by atoms with Crippen LogP contribution < -0.4 is 10.1 Å². The van der Waals surface area contributed by atoms with Gasteiger partial charge in [-0.15, -0.1) is 0 Å². The van der Waals surface area contributed by atoms with Crippen molar-refractivity contribution in [3.63, 3.8) is 0 Å². The second-order valence-electron chi connectivity index (χ2n) is 8.34. The van der Waals surface area contributed by atoms with E-state index in [4.69, 9.17) is 4.74 Å². The summed E-state index contributed by atoms with van der Waals surface area (Å²) in [5, 5.41) is 3.07. The maximum Gasteiger partial charge on any atom is 0.220 e. The summed E-state index contributed by atoms with van der Waals surface area (Å²) < 4.78 is 31.6. The van der Waals surface area contributed by atoms with Gasteiger partial charge in [-0.2, -0.15) is 0 Å². The molecule has 6 nitrogen and oxygen atoms in total. The highest BCUT2D eigenvalue weighted by molar-refractivity contribution is 7.88. The topological polar surface area (TPSA) is 75.7 Å². The predicted molar refractivity (Wildman–Crippen MR) is 103 cm³/mol. The number of sulfonamides is 1. The minimum atomic E-state index is -3.17. The molecule has 0 radical (unpaired) electrons. The van der Waals surface area contributed by atoms with Crippen LogP contribution in [0.2, 0.25) is 0 Å². The van der Waals surface area contributed by atoms with Crippen LogP contribution in [0.4, 0.5) is 0 Å². The summed E-state index contributed by atoms with van der Waals surface area (Å²) in [6, 6.07) is 7.95. The standard InChI is InChI=1S/C20H28N2O4S/c1-27(24,25)22-10-8-20(9-11-22)13-16(12-19(23)21-14-15-6-7-15)17-4-2-3-5-18(17)26-20/h2-5,15-16H,6-14H2,1H3,(H,21,23)/t16-/m1/s1. The molecule has 0 unspecified atom stereocenters. The van der Waals surface area contributed by atoms with Crippen molar-refractivity contribution in [1.82, 2.24) is 9.62 Å². The van der Waals surface area contributed by atoms with Gasteiger partial charge in [-0.25, -0.2) is 12.7 Å². The molecule has 27 heavy (non-hydrogen) atoms. The van der Waals surface area contributed by atoms with Crippen molar-refractivity contribution in [1.29, 1.82) is 0 Å². The average Bonchev–Trinajstić information content (AvgIpc) is 3.44. The number of hydrogen-bond acceptors (Lipinski definition) is 4. The third kappa shape index (κ3) is 4.29. The van der Waals surface area contributed by atoms with Gasteiger partial charge >= 0.3 is 0 Å². The summed E-state index contributed by atoms with van der Waals surface area (Å²) in [6.45, 7) is 1.74. The molecule has 1 spiro atoms. The van der Waals surface area contributed by atoms with E-state index in [-0.39, 0.29) is 17.4 Å². The zero-order chi connectivity index (χ0) is 19.1. The average molecular weight is 393 g/mol. The number of hydrogen-bond donors (Lipinski definition) is 1. The van der Waals surface area contributed by atoms with Crippen molar-refractivity contribution in [2.75, 3.05) is 25.9 Å². The fourth-order valence-electron chi connectivity index (χ4n) is 4.33. The Kier molecular flexibility index (Phi) is 4.93. The molecule has 4 rings (SSSR count). The van der Waals surface area contributed by atoms with E-state index in [0.717, 1.165) is 24.3 Å². The van der Waals surface area contributed by atoms with E-state index in [1.54, 1.807) is 0 Å². The van der Waals surface area contributed by atoms with Crippen molar-refractivity contribution in [2.24, 2.45) is 5.92 Å². The van der Waals surface area contributed by atoms with Gasteiger partial charge in [-0.05, 0) is 36.8 Å². The van der Waals surface area contributed by atoms with E-state index >= 15 is 0 Å². The first-order valence-electron chi connectivity index (χ1n) is 9.84. The quantitative estimate of drug-likeness (QED) is 0.834. The van der Waals surface area contributed by atoms with E-state index in [2.05, 4.69) is 5.32 Å². The molecule has 1 saturated carbocycles. The maximum absolute atomic E-state index is 12.5. The summed E-state index contributed by atoms with van der Waals surface area (Å²) in [6.07, 6.45) is 6.25. The number of fused-ring (bicyclic) bond motifs is 1. The number of nitrogens with zero attached hydrogens (tertiary/aromatic N) is 1. The van der Waals surface area contributed by atoms with Gasteiger partial charge in [0.2, 0.25) is 15.9 Å². The van der Waals surface area contributed by atoms with Gasteiger partial charge in [-0.1, -0.05) is 18.2 Å². The molecule has 7 heteroatoms. The smallest absolute Gasteiger partial charge is 0.220 e. The lowest BCUT2D eigenvalue weighted by Gasteiger charge is -2.46. The van der Waals surface area contributed by atoms with Gasteiger partial charge in [0, 0.05) is 44.8 Å². The summed E-state index contributed by atoms with van der Waals surface area (Å²) in [5.41, 5.74) is 0.715. The maximum atomic E-state index is 12.5. The summed E-state index contributed by atoms with van der Waals surface area (Å²) >= 11 is 0. The second kappa shape index (κ2) is 7.09. The number of carbonyl (C=O) groups is 1. The van der Waals surface area contributed by atoms with Gasteiger partial charge in [0.05, 0.1) is 6.26 Å². The molecule has 3 aliphatic rings. The minimum absolute atomic E-state index is 0.104. The number of ether oxygens (including phenoxy) is 1. The van der Waals surface area contributed by atoms with E-state index in [0.29, 0.717) is 38.3 Å². The highest BCUT2D eigenvalue weighted by atomic mass is 32.2. The predicted octanol–water partition coefficient (Wildman–Crippen LogP) is 2.26. The van der Waals surface area contributed by atoms with Crippen LogP contribution in [0.25, 0.3) is 0 Å². The molecule has 1 aromatic carbocycles. The number of benzene rings is 1. The van der Waals surface area contributed by atoms with E-state index < -0.39 is 10.0 Å². The number of carbonyl (C=O) groups excluding carboxylic acids is 1. The summed E-state index contributed by atoms with van der Waals surface area (Å²) in [5.74, 6) is 1.73. The largest absolute Gasteiger partial charge is 0.487 e. The molecular formula is C20H28N2O4S. The second-order valence-corrected chi connectivity index (χ2v) is 10.3. The third-order valence-corrected chi connectivity index (χ3v) is 7.43. The molecule has 0 bridgehead atoms. The lowest BCUT2D eigenvalue weighted by molar-refractivity contribution is -0.122. The Bertz CT molecular complexity index is 811. The normalized spacial score (nSPS) is 24.9. The molecule has 1 amide bonds. The number of piperidine rings is 1. The molecule has 2 aliphatic heterocycles. The number of rotatable bonds is 5. The fourth-order valence-corrected chi connectivity index (χ4v) is 5.18. The zero-order valence-electron chi connectivity index (χ0n) is 15.8. The number of amides is 1. The highest BCUT2D eigenvalue weighted by Gasteiger charge is 2.44. The molecular weight excluding hydrogens is 364 g/mol. The van der Waals surface area contributed by atoms with E-state index in [1.807, 2.05) is 24.3 Å². The monoisotopic (exact) mass is 392 g/mol. The Morgan fingerprint density at radius 3 is 2.63 bits per heavy atom. The molecule has 1 aromatic rings. The summed E-state index contributed by atoms with van der Waals surface area (Å²) in [4.78, 5) is 12.5. The minimum Gasteiger partial charge on any atom is -0.487 e. The Hall–Kier alpha value is -1.60. The first-order chi connectivity index (χ1) is 12.8. The molecule has 1 saturated heterocycles. The lowest BCUT2D eigenvalue weighted by Crippen LogP contribution is -2.51. The highest BCUT2D eigenvalue weighted by Crippen LogP contribution is 2.46. The third-order valence-electron chi connectivity index (χ3n) is 6.12. The van der Waals surface area contributed by atoms with Gasteiger partial charge in [0.25, 0.3) is 0 Å². The SMILES string of the molecule is CS(=O)(=O)N1CCC2(CC1)C[C@@H](CC(=O)NCC1CC1)c1ccccc1O2. The Morgan fingerprint density at radius 1 is 1.26 bits per heavy atom. The summed E-state index contributed by atoms with van der Waals surface area (Å²) in [7, 11) is -3.17. The van der Waals surface area contributed by atoms with Gasteiger partial charge in [0.1, 0.15) is 11.4 Å². The molecule has 1 aliphatic carbocycles. The molecule has 148 valence electrons. The first kappa shape index (κ1) is 18.7. The molecule has 0 aromatic heterocycles. The Labute approximate surface area is 161 Å². The van der Waals surface area contributed by atoms with Gasteiger partial charge < -0.3 is 10.1 Å². The Morgan fingerprint density at radius 2 is 1.96 bits per heavy atom. The van der Waals surface area contributed by atoms with Crippen LogP contribution in [-0.2, 0) is 14.8 Å². The first-order valence-corrected chi connectivity index (χ1v) is 11.7. The van der Waals surface area contributed by atoms with Crippen molar-refractivity contribution in [2.45, 2.75) is 50.0 Å². The van der Waals surface area contributed by atoms with Gasteiger partial charge in [0.15, 0.2) is 0 Å². The number of para-hydroxylation sites is 1. The van der Waals surface area contributed by atoms with Crippen LogP contribution >= 0.6 is 0 Å². The Balaban J connectivity index is 1.48. The van der Waals surface area contributed by atoms with E-state index in [9.17, 15) is 13.2 Å². The zero-order valence-corrected chi connectivity index (χ0v) is 16.6. The van der Waals surface area contributed by atoms with Crippen molar-refractivity contribution in [3.8, 4) is 5.75 Å². The van der Waals surface area contributed by atoms with Crippen LogP contribution in [0.15, 0.2) is 24.3 Å². The van der Waals surface area contributed by atoms with Crippen LogP contribution in [0.1, 0.15) is 50.0 Å². The van der Waals surface area contributed by atoms with Crippen LogP contribution in [-0.4, -0.2) is 50.1 Å².